The van der Waals surface area contributed by atoms with Crippen molar-refractivity contribution >= 4 is 27.3 Å². The Morgan fingerprint density at radius 1 is 0.921 bits per heavy atom. The standard InChI is InChI=1S/C30H39N3O3S2/c1-23-18-25(3)30(26(4)19-23)38(35,36)33(16-15-31-13-8-9-14-31)22-29(34)32(20-27-10-6-5-7-11-27)21-28-24(2)12-17-37-28/h5-7,10-12,17-19H,8-9,13-16,20-22H2,1-4H3. The van der Waals surface area contributed by atoms with Gasteiger partial charge in [0.25, 0.3) is 0 Å². The molecule has 3 aromatic rings. The number of carbonyl (C=O) groups is 1. The van der Waals surface area contributed by atoms with Crippen molar-refractivity contribution in [1.29, 1.82) is 0 Å². The Kier molecular flexibility index (Phi) is 9.41. The van der Waals surface area contributed by atoms with Gasteiger partial charge in [0.05, 0.1) is 18.0 Å². The Morgan fingerprint density at radius 3 is 2.18 bits per heavy atom. The van der Waals surface area contributed by atoms with E-state index in [1.807, 2.05) is 75.5 Å². The van der Waals surface area contributed by atoms with Crippen LogP contribution in [0.1, 0.15) is 45.5 Å². The Labute approximate surface area is 231 Å². The first-order chi connectivity index (χ1) is 18.1. The molecule has 0 radical (unpaired) electrons. The van der Waals surface area contributed by atoms with Crippen LogP contribution in [-0.2, 0) is 27.9 Å². The first-order valence-electron chi connectivity index (χ1n) is 13.3. The van der Waals surface area contributed by atoms with Crippen molar-refractivity contribution in [1.82, 2.24) is 14.1 Å². The molecular weight excluding hydrogens is 514 g/mol. The van der Waals surface area contributed by atoms with Crippen LogP contribution in [0.5, 0.6) is 0 Å². The second-order valence-corrected chi connectivity index (χ2v) is 13.3. The fraction of sp³-hybridized carbons (Fsp3) is 0.433. The smallest absolute Gasteiger partial charge is 0.244 e. The van der Waals surface area contributed by atoms with Gasteiger partial charge in [0.2, 0.25) is 15.9 Å². The second kappa shape index (κ2) is 12.6. The van der Waals surface area contributed by atoms with Gasteiger partial charge in [-0.3, -0.25) is 4.79 Å². The van der Waals surface area contributed by atoms with Crippen LogP contribution >= 0.6 is 11.3 Å². The number of thiophene rings is 1. The molecule has 0 N–H and O–H groups in total. The van der Waals surface area contributed by atoms with Gasteiger partial charge in [-0.05, 0) is 87.3 Å². The number of hydrogen-bond acceptors (Lipinski definition) is 5. The molecule has 0 saturated carbocycles. The summed E-state index contributed by atoms with van der Waals surface area (Å²) in [5.74, 6) is -0.186. The first-order valence-corrected chi connectivity index (χ1v) is 15.6. The van der Waals surface area contributed by atoms with E-state index in [1.54, 1.807) is 16.2 Å². The molecule has 1 amide bonds. The van der Waals surface area contributed by atoms with E-state index in [-0.39, 0.29) is 19.0 Å². The quantitative estimate of drug-likeness (QED) is 0.323. The van der Waals surface area contributed by atoms with Crippen molar-refractivity contribution in [3.8, 4) is 0 Å². The van der Waals surface area contributed by atoms with Crippen molar-refractivity contribution in [2.45, 2.75) is 58.5 Å². The molecule has 0 atom stereocenters. The number of aryl methyl sites for hydroxylation is 4. The summed E-state index contributed by atoms with van der Waals surface area (Å²) in [6.45, 7) is 11.3. The van der Waals surface area contributed by atoms with E-state index >= 15 is 0 Å². The summed E-state index contributed by atoms with van der Waals surface area (Å²) in [6.07, 6.45) is 2.26. The average molecular weight is 554 g/mol. The van der Waals surface area contributed by atoms with E-state index in [0.29, 0.717) is 24.5 Å². The number of rotatable bonds is 11. The summed E-state index contributed by atoms with van der Waals surface area (Å²) in [4.78, 5) is 19.4. The molecule has 4 rings (SSSR count). The van der Waals surface area contributed by atoms with Gasteiger partial charge < -0.3 is 9.80 Å². The van der Waals surface area contributed by atoms with Gasteiger partial charge in [0.1, 0.15) is 0 Å². The Morgan fingerprint density at radius 2 is 1.58 bits per heavy atom. The third-order valence-corrected chi connectivity index (χ3v) is 10.4. The van der Waals surface area contributed by atoms with Crippen LogP contribution in [-0.4, -0.2) is 61.2 Å². The summed E-state index contributed by atoms with van der Waals surface area (Å²) < 4.78 is 29.6. The SMILES string of the molecule is Cc1cc(C)c(S(=O)(=O)N(CCN2CCCC2)CC(=O)N(Cc2ccccc2)Cc2sccc2C)c(C)c1. The highest BCUT2D eigenvalue weighted by molar-refractivity contribution is 7.89. The summed E-state index contributed by atoms with van der Waals surface area (Å²) in [6, 6.07) is 15.8. The van der Waals surface area contributed by atoms with Crippen molar-refractivity contribution in [2.75, 3.05) is 32.7 Å². The van der Waals surface area contributed by atoms with Crippen LogP contribution in [0.15, 0.2) is 58.8 Å². The lowest BCUT2D eigenvalue weighted by Gasteiger charge is -2.29. The molecule has 0 spiro atoms. The molecule has 38 heavy (non-hydrogen) atoms. The molecule has 204 valence electrons. The average Bonchev–Trinajstić information content (AvgIpc) is 3.52. The number of benzene rings is 2. The van der Waals surface area contributed by atoms with Crippen LogP contribution in [0, 0.1) is 27.7 Å². The molecule has 6 nitrogen and oxygen atoms in total. The molecule has 8 heteroatoms. The fourth-order valence-corrected chi connectivity index (χ4v) is 7.99. The molecule has 0 unspecified atom stereocenters. The maximum absolute atomic E-state index is 14.1. The number of hydrogen-bond donors (Lipinski definition) is 0. The van der Waals surface area contributed by atoms with Crippen molar-refractivity contribution < 1.29 is 13.2 Å². The van der Waals surface area contributed by atoms with E-state index in [9.17, 15) is 13.2 Å². The highest BCUT2D eigenvalue weighted by Gasteiger charge is 2.32. The third-order valence-electron chi connectivity index (χ3n) is 7.25. The van der Waals surface area contributed by atoms with Crippen LogP contribution in [0.2, 0.25) is 0 Å². The highest BCUT2D eigenvalue weighted by Crippen LogP contribution is 2.26. The molecule has 0 aliphatic carbocycles. The molecule has 1 aliphatic heterocycles. The lowest BCUT2D eigenvalue weighted by molar-refractivity contribution is -0.132. The van der Waals surface area contributed by atoms with Crippen LogP contribution in [0.3, 0.4) is 0 Å². The molecular formula is C30H39N3O3S2. The minimum atomic E-state index is -3.88. The molecule has 1 fully saturated rings. The Balaban J connectivity index is 1.64. The zero-order chi connectivity index (χ0) is 27.3. The maximum Gasteiger partial charge on any atom is 0.244 e. The van der Waals surface area contributed by atoms with E-state index in [1.165, 1.54) is 4.31 Å². The van der Waals surface area contributed by atoms with Crippen LogP contribution < -0.4 is 0 Å². The Bertz CT molecular complexity index is 1320. The summed E-state index contributed by atoms with van der Waals surface area (Å²) in [5, 5.41) is 2.03. The lowest BCUT2D eigenvalue weighted by atomic mass is 10.1. The predicted octanol–water partition coefficient (Wildman–Crippen LogP) is 5.30. The van der Waals surface area contributed by atoms with Crippen molar-refractivity contribution in [2.24, 2.45) is 0 Å². The fourth-order valence-electron chi connectivity index (χ4n) is 5.27. The molecule has 1 aromatic heterocycles. The number of carbonyl (C=O) groups excluding carboxylic acids is 1. The van der Waals surface area contributed by atoms with E-state index in [0.717, 1.165) is 58.6 Å². The second-order valence-electron chi connectivity index (χ2n) is 10.4. The highest BCUT2D eigenvalue weighted by atomic mass is 32.2. The topological polar surface area (TPSA) is 60.9 Å². The van der Waals surface area contributed by atoms with Crippen LogP contribution in [0.25, 0.3) is 0 Å². The van der Waals surface area contributed by atoms with Gasteiger partial charge in [-0.2, -0.15) is 4.31 Å². The summed E-state index contributed by atoms with van der Waals surface area (Å²) >= 11 is 1.63. The molecule has 2 heterocycles. The van der Waals surface area contributed by atoms with Gasteiger partial charge in [-0.15, -0.1) is 11.3 Å². The number of amides is 1. The molecule has 1 aliphatic rings. The zero-order valence-corrected chi connectivity index (χ0v) is 24.6. The third kappa shape index (κ3) is 6.91. The van der Waals surface area contributed by atoms with Gasteiger partial charge in [0.15, 0.2) is 0 Å². The van der Waals surface area contributed by atoms with E-state index in [2.05, 4.69) is 11.0 Å². The number of sulfonamides is 1. The van der Waals surface area contributed by atoms with Gasteiger partial charge in [0, 0.05) is 24.5 Å². The zero-order valence-electron chi connectivity index (χ0n) is 22.9. The minimum absolute atomic E-state index is 0.180. The van der Waals surface area contributed by atoms with Crippen LogP contribution in [0.4, 0.5) is 0 Å². The first kappa shape index (κ1) is 28.5. The summed E-state index contributed by atoms with van der Waals surface area (Å²) in [5.41, 5.74) is 4.63. The van der Waals surface area contributed by atoms with Gasteiger partial charge in [-0.1, -0.05) is 48.0 Å². The monoisotopic (exact) mass is 553 g/mol. The largest absolute Gasteiger partial charge is 0.332 e. The normalized spacial score (nSPS) is 14.3. The summed E-state index contributed by atoms with van der Waals surface area (Å²) in [7, 11) is -3.88. The predicted molar refractivity (Wildman–Crippen MR) is 155 cm³/mol. The maximum atomic E-state index is 14.1. The van der Waals surface area contributed by atoms with Crippen molar-refractivity contribution in [3.63, 3.8) is 0 Å². The molecule has 0 bridgehead atoms. The lowest BCUT2D eigenvalue weighted by Crippen LogP contribution is -2.45. The van der Waals surface area contributed by atoms with Gasteiger partial charge in [-0.25, -0.2) is 8.42 Å². The van der Waals surface area contributed by atoms with Crippen molar-refractivity contribution in [3.05, 3.63) is 86.6 Å². The van der Waals surface area contributed by atoms with E-state index < -0.39 is 10.0 Å². The molecule has 2 aromatic carbocycles. The van der Waals surface area contributed by atoms with E-state index in [4.69, 9.17) is 0 Å². The molecule has 1 saturated heterocycles. The minimum Gasteiger partial charge on any atom is -0.332 e. The van der Waals surface area contributed by atoms with Gasteiger partial charge >= 0.3 is 0 Å². The number of nitrogens with zero attached hydrogens (tertiary/aromatic N) is 3. The Hall–Kier alpha value is -2.52. The number of likely N-dealkylation sites (tertiary alicyclic amines) is 1.